The van der Waals surface area contributed by atoms with Crippen molar-refractivity contribution in [3.63, 3.8) is 0 Å². The molecule has 0 aromatic heterocycles. The van der Waals surface area contributed by atoms with Crippen LogP contribution in [0.1, 0.15) is 5.56 Å². The summed E-state index contributed by atoms with van der Waals surface area (Å²) in [5.41, 5.74) is 0.307. The van der Waals surface area contributed by atoms with Crippen molar-refractivity contribution >= 4 is 20.0 Å². The molecule has 11 heteroatoms. The molecule has 2 aromatic rings. The number of rotatable bonds is 4. The monoisotopic (exact) mass is 456 g/mol. The van der Waals surface area contributed by atoms with Gasteiger partial charge in [-0.1, -0.05) is 0 Å². The van der Waals surface area contributed by atoms with Crippen molar-refractivity contribution in [1.82, 2.24) is 8.61 Å². The third-order valence-electron chi connectivity index (χ3n) is 5.10. The maximum atomic E-state index is 13.3. The molecule has 2 aliphatic rings. The van der Waals surface area contributed by atoms with Crippen molar-refractivity contribution in [3.05, 3.63) is 47.8 Å². The molecule has 2 heterocycles. The molecule has 4 rings (SSSR count). The van der Waals surface area contributed by atoms with Crippen LogP contribution in [0.15, 0.2) is 46.2 Å². The number of nitrogens with zero attached hydrogens (tertiary/aromatic N) is 2. The van der Waals surface area contributed by atoms with Gasteiger partial charge >= 0.3 is 0 Å². The van der Waals surface area contributed by atoms with Gasteiger partial charge in [-0.15, -0.1) is 0 Å². The summed E-state index contributed by atoms with van der Waals surface area (Å²) >= 11 is 0. The van der Waals surface area contributed by atoms with Gasteiger partial charge in [-0.2, -0.15) is 8.61 Å². The molecule has 0 bridgehead atoms. The van der Waals surface area contributed by atoms with Crippen LogP contribution < -0.4 is 9.47 Å². The van der Waals surface area contributed by atoms with Gasteiger partial charge in [0.1, 0.15) is 19.0 Å². The van der Waals surface area contributed by atoms with E-state index in [1.165, 1.54) is 33.7 Å². The molecule has 1 saturated heterocycles. The standard InChI is InChI=1S/C19H21FN2O6S2/c1-14-12-15(20)2-5-19(14)30(25,26)22-8-6-21(7-9-22)29(23,24)16-3-4-17-18(13-16)28-11-10-27-17/h2-5,12-13H,6-11H2,1H3. The second-order valence-corrected chi connectivity index (χ2v) is 10.9. The van der Waals surface area contributed by atoms with Gasteiger partial charge in [0.25, 0.3) is 0 Å². The van der Waals surface area contributed by atoms with Crippen LogP contribution in [0.25, 0.3) is 0 Å². The van der Waals surface area contributed by atoms with Crippen LogP contribution in [-0.2, 0) is 20.0 Å². The van der Waals surface area contributed by atoms with Crippen LogP contribution in [-0.4, -0.2) is 64.8 Å². The molecule has 0 aliphatic carbocycles. The smallest absolute Gasteiger partial charge is 0.243 e. The number of aryl methyl sites for hydroxylation is 1. The first kappa shape index (κ1) is 21.0. The average molecular weight is 457 g/mol. The van der Waals surface area contributed by atoms with Crippen LogP contribution in [0.4, 0.5) is 4.39 Å². The highest BCUT2D eigenvalue weighted by atomic mass is 32.2. The number of fused-ring (bicyclic) bond motifs is 1. The van der Waals surface area contributed by atoms with E-state index in [2.05, 4.69) is 0 Å². The first-order chi connectivity index (χ1) is 14.2. The first-order valence-electron chi connectivity index (χ1n) is 9.36. The third-order valence-corrected chi connectivity index (χ3v) is 9.06. The Bertz CT molecular complexity index is 1180. The summed E-state index contributed by atoms with van der Waals surface area (Å²) in [6.07, 6.45) is 0. The van der Waals surface area contributed by atoms with Gasteiger partial charge in [-0.25, -0.2) is 21.2 Å². The molecule has 0 N–H and O–H groups in total. The number of benzene rings is 2. The van der Waals surface area contributed by atoms with E-state index in [-0.39, 0.29) is 36.0 Å². The van der Waals surface area contributed by atoms with E-state index in [0.717, 1.165) is 12.1 Å². The summed E-state index contributed by atoms with van der Waals surface area (Å²) in [5, 5.41) is 0. The van der Waals surface area contributed by atoms with Gasteiger partial charge in [-0.3, -0.25) is 0 Å². The summed E-state index contributed by atoms with van der Waals surface area (Å²) in [4.78, 5) is 0.0875. The zero-order valence-electron chi connectivity index (χ0n) is 16.2. The number of halogens is 1. The zero-order valence-corrected chi connectivity index (χ0v) is 17.9. The Morgan fingerprint density at radius 2 is 1.40 bits per heavy atom. The van der Waals surface area contributed by atoms with E-state index in [1.54, 1.807) is 6.07 Å². The van der Waals surface area contributed by atoms with E-state index in [1.807, 2.05) is 0 Å². The molecule has 30 heavy (non-hydrogen) atoms. The highest BCUT2D eigenvalue weighted by molar-refractivity contribution is 7.89. The second kappa shape index (κ2) is 7.80. The van der Waals surface area contributed by atoms with Gasteiger partial charge < -0.3 is 9.47 Å². The molecule has 0 atom stereocenters. The van der Waals surface area contributed by atoms with Gasteiger partial charge in [0.15, 0.2) is 11.5 Å². The lowest BCUT2D eigenvalue weighted by Crippen LogP contribution is -2.50. The Labute approximate surface area is 174 Å². The molecule has 0 amide bonds. The van der Waals surface area contributed by atoms with Crippen molar-refractivity contribution in [2.75, 3.05) is 39.4 Å². The Morgan fingerprint density at radius 3 is 2.03 bits per heavy atom. The Hall–Kier alpha value is -2.21. The van der Waals surface area contributed by atoms with E-state index < -0.39 is 25.9 Å². The minimum Gasteiger partial charge on any atom is -0.486 e. The number of hydrogen-bond acceptors (Lipinski definition) is 6. The number of piperazine rings is 1. The fraction of sp³-hybridized carbons (Fsp3) is 0.368. The van der Waals surface area contributed by atoms with Crippen molar-refractivity contribution in [2.45, 2.75) is 16.7 Å². The summed E-state index contributed by atoms with van der Waals surface area (Å²) in [6.45, 7) is 2.30. The Morgan fingerprint density at radius 1 is 0.800 bits per heavy atom. The van der Waals surface area contributed by atoms with Gasteiger partial charge in [0.2, 0.25) is 20.0 Å². The highest BCUT2D eigenvalue weighted by Crippen LogP contribution is 2.33. The molecule has 0 saturated carbocycles. The minimum absolute atomic E-state index is 0.00291. The van der Waals surface area contributed by atoms with E-state index in [4.69, 9.17) is 9.47 Å². The second-order valence-electron chi connectivity index (χ2n) is 7.02. The zero-order chi connectivity index (χ0) is 21.5. The normalized spacial score (nSPS) is 18.3. The Balaban J connectivity index is 1.51. The van der Waals surface area contributed by atoms with E-state index >= 15 is 0 Å². The SMILES string of the molecule is Cc1cc(F)ccc1S(=O)(=O)N1CCN(S(=O)(=O)c2ccc3c(c2)OCCO3)CC1. The fourth-order valence-electron chi connectivity index (χ4n) is 3.53. The van der Waals surface area contributed by atoms with Crippen LogP contribution in [0.5, 0.6) is 11.5 Å². The first-order valence-corrected chi connectivity index (χ1v) is 12.2. The third kappa shape index (κ3) is 3.78. The minimum atomic E-state index is -3.85. The van der Waals surface area contributed by atoms with Crippen LogP contribution >= 0.6 is 0 Å². The summed E-state index contributed by atoms with van der Waals surface area (Å²) in [6, 6.07) is 7.93. The van der Waals surface area contributed by atoms with E-state index in [0.29, 0.717) is 30.3 Å². The molecule has 2 aromatic carbocycles. The quantitative estimate of drug-likeness (QED) is 0.694. The van der Waals surface area contributed by atoms with Crippen molar-refractivity contribution < 1.29 is 30.7 Å². The molecule has 0 radical (unpaired) electrons. The van der Waals surface area contributed by atoms with Crippen LogP contribution in [0.2, 0.25) is 0 Å². The topological polar surface area (TPSA) is 93.2 Å². The number of ether oxygens (including phenoxy) is 2. The van der Waals surface area contributed by atoms with Crippen molar-refractivity contribution in [3.8, 4) is 11.5 Å². The van der Waals surface area contributed by atoms with Crippen molar-refractivity contribution in [2.24, 2.45) is 0 Å². The molecular formula is C19H21FN2O6S2. The fourth-order valence-corrected chi connectivity index (χ4v) is 6.59. The molecule has 1 fully saturated rings. The number of sulfonamides is 2. The van der Waals surface area contributed by atoms with Crippen LogP contribution in [0.3, 0.4) is 0 Å². The predicted molar refractivity (Wildman–Crippen MR) is 106 cm³/mol. The Kier molecular flexibility index (Phi) is 5.47. The number of hydrogen-bond donors (Lipinski definition) is 0. The molecular weight excluding hydrogens is 435 g/mol. The molecule has 8 nitrogen and oxygen atoms in total. The average Bonchev–Trinajstić information content (AvgIpc) is 2.73. The lowest BCUT2D eigenvalue weighted by atomic mass is 10.2. The summed E-state index contributed by atoms with van der Waals surface area (Å²) < 4.78 is 78.5. The van der Waals surface area contributed by atoms with Crippen molar-refractivity contribution in [1.29, 1.82) is 0 Å². The molecule has 0 unspecified atom stereocenters. The lowest BCUT2D eigenvalue weighted by Gasteiger charge is -2.33. The highest BCUT2D eigenvalue weighted by Gasteiger charge is 2.34. The maximum Gasteiger partial charge on any atom is 0.243 e. The van der Waals surface area contributed by atoms with E-state index in [9.17, 15) is 21.2 Å². The summed E-state index contributed by atoms with van der Waals surface area (Å²) in [7, 11) is -7.66. The largest absolute Gasteiger partial charge is 0.486 e. The molecule has 2 aliphatic heterocycles. The predicted octanol–water partition coefficient (Wildman–Crippen LogP) is 1.60. The van der Waals surface area contributed by atoms with Gasteiger partial charge in [0, 0.05) is 32.2 Å². The van der Waals surface area contributed by atoms with Gasteiger partial charge in [0.05, 0.1) is 9.79 Å². The maximum absolute atomic E-state index is 13.3. The summed E-state index contributed by atoms with van der Waals surface area (Å²) in [5.74, 6) is 0.350. The molecule has 162 valence electrons. The lowest BCUT2D eigenvalue weighted by molar-refractivity contribution is 0.171. The van der Waals surface area contributed by atoms with Gasteiger partial charge in [-0.05, 0) is 42.8 Å². The molecule has 0 spiro atoms. The van der Waals surface area contributed by atoms with Crippen LogP contribution in [0, 0.1) is 12.7 Å².